The van der Waals surface area contributed by atoms with Gasteiger partial charge in [0.15, 0.2) is 0 Å². The van der Waals surface area contributed by atoms with E-state index in [1.165, 1.54) is 6.07 Å². The van der Waals surface area contributed by atoms with Gasteiger partial charge in [0.25, 0.3) is 0 Å². The number of halogens is 3. The molecule has 1 atom stereocenters. The van der Waals surface area contributed by atoms with E-state index in [0.29, 0.717) is 31.5 Å². The summed E-state index contributed by atoms with van der Waals surface area (Å²) in [7, 11) is -1.19. The molecule has 1 radical (unpaired) electrons. The first-order chi connectivity index (χ1) is 15.4. The van der Waals surface area contributed by atoms with E-state index in [0.717, 1.165) is 0 Å². The minimum Gasteiger partial charge on any atom is -0.490 e. The van der Waals surface area contributed by atoms with Gasteiger partial charge < -0.3 is 23.5 Å². The number of carbonyl (C=O) groups is 1. The van der Waals surface area contributed by atoms with E-state index in [4.69, 9.17) is 13.9 Å². The molecule has 0 spiro atoms. The predicted molar refractivity (Wildman–Crippen MR) is 125 cm³/mol. The second-order valence-corrected chi connectivity index (χ2v) is 12.9. The Balaban J connectivity index is 2.18. The molecule has 0 bridgehead atoms. The summed E-state index contributed by atoms with van der Waals surface area (Å²) in [5, 5.41) is 0. The first-order valence-corrected chi connectivity index (χ1v) is 13.9. The van der Waals surface area contributed by atoms with Gasteiger partial charge in [-0.15, -0.1) is 13.2 Å². The number of hydrogen-bond donors (Lipinski definition) is 0. The molecule has 0 aromatic heterocycles. The number of ether oxygens (including phenoxy) is 3. The van der Waals surface area contributed by atoms with Crippen molar-refractivity contribution in [1.82, 2.24) is 4.90 Å². The lowest BCUT2D eigenvalue weighted by Gasteiger charge is -2.35. The number of hydrogen-bond acceptors (Lipinski definition) is 5. The van der Waals surface area contributed by atoms with Crippen molar-refractivity contribution in [2.24, 2.45) is 5.41 Å². The van der Waals surface area contributed by atoms with Gasteiger partial charge in [-0.25, -0.2) is 4.79 Å². The van der Waals surface area contributed by atoms with Crippen molar-refractivity contribution in [2.45, 2.75) is 91.6 Å². The predicted octanol–water partition coefficient (Wildman–Crippen LogP) is 6.72. The number of benzene rings is 1. The van der Waals surface area contributed by atoms with Crippen molar-refractivity contribution in [2.75, 3.05) is 13.1 Å². The SMILES string of the molecule is C[Si](C)OC(c1ccc(OC2CCN(C(=O)OC(C)(C)C)CC2)cc1OC(F)(F)F)C(C)(C)C. The third-order valence-corrected chi connectivity index (χ3v) is 5.74. The molecule has 1 aromatic rings. The average Bonchev–Trinajstić information content (AvgIpc) is 2.64. The molecular weight excluding hydrogens is 467 g/mol. The van der Waals surface area contributed by atoms with E-state index in [1.807, 2.05) is 54.6 Å². The van der Waals surface area contributed by atoms with Gasteiger partial charge in [0.1, 0.15) is 23.2 Å². The van der Waals surface area contributed by atoms with Crippen LogP contribution in [-0.2, 0) is 9.16 Å². The quantitative estimate of drug-likeness (QED) is 0.403. The zero-order valence-electron chi connectivity index (χ0n) is 21.3. The summed E-state index contributed by atoms with van der Waals surface area (Å²) in [6.07, 6.45) is -4.94. The molecule has 1 aliphatic heterocycles. The maximum atomic E-state index is 13.2. The number of carbonyl (C=O) groups excluding carboxylic acids is 1. The fourth-order valence-corrected chi connectivity index (χ4v) is 4.59. The summed E-state index contributed by atoms with van der Waals surface area (Å²) < 4.78 is 61.5. The number of likely N-dealkylation sites (tertiary alicyclic amines) is 1. The van der Waals surface area contributed by atoms with Crippen LogP contribution in [0.4, 0.5) is 18.0 Å². The van der Waals surface area contributed by atoms with Crippen LogP contribution >= 0.6 is 0 Å². The smallest absolute Gasteiger partial charge is 0.490 e. The van der Waals surface area contributed by atoms with E-state index in [1.54, 1.807) is 17.0 Å². The standard InChI is InChI=1S/C24H37F3NO5Si/c1-22(2,3)20(33-34(7)8)18-10-9-17(15-19(18)31-24(25,26)27)30-16-11-13-28(14-12-16)21(29)32-23(4,5)6/h9-10,15-16,20H,11-14H2,1-8H3. The molecule has 1 unspecified atom stereocenters. The molecule has 1 amide bonds. The Kier molecular flexibility index (Phi) is 8.96. The number of alkyl halides is 3. The van der Waals surface area contributed by atoms with Crippen LogP contribution in [0.15, 0.2) is 18.2 Å². The van der Waals surface area contributed by atoms with Crippen molar-refractivity contribution in [3.63, 3.8) is 0 Å². The Morgan fingerprint density at radius 1 is 1.06 bits per heavy atom. The van der Waals surface area contributed by atoms with Crippen LogP contribution in [0, 0.1) is 5.41 Å². The van der Waals surface area contributed by atoms with Crippen LogP contribution in [-0.4, -0.2) is 51.2 Å². The number of piperidine rings is 1. The van der Waals surface area contributed by atoms with Gasteiger partial charge in [-0.3, -0.25) is 0 Å². The molecule has 2 rings (SSSR count). The first-order valence-electron chi connectivity index (χ1n) is 11.5. The zero-order chi connectivity index (χ0) is 25.9. The number of amides is 1. The summed E-state index contributed by atoms with van der Waals surface area (Å²) in [6.45, 7) is 16.0. The van der Waals surface area contributed by atoms with Crippen molar-refractivity contribution in [3.05, 3.63) is 23.8 Å². The van der Waals surface area contributed by atoms with E-state index in [-0.39, 0.29) is 23.7 Å². The Labute approximate surface area is 202 Å². The van der Waals surface area contributed by atoms with Crippen LogP contribution in [0.3, 0.4) is 0 Å². The Morgan fingerprint density at radius 3 is 2.12 bits per heavy atom. The second kappa shape index (κ2) is 10.8. The highest BCUT2D eigenvalue weighted by Crippen LogP contribution is 2.43. The third-order valence-electron chi connectivity index (χ3n) is 5.03. The monoisotopic (exact) mass is 504 g/mol. The van der Waals surface area contributed by atoms with Gasteiger partial charge in [0.05, 0.1) is 6.10 Å². The fourth-order valence-electron chi connectivity index (χ4n) is 3.64. The normalized spacial score (nSPS) is 17.0. The molecule has 34 heavy (non-hydrogen) atoms. The van der Waals surface area contributed by atoms with Crippen molar-refractivity contribution in [1.29, 1.82) is 0 Å². The number of nitrogens with zero attached hydrogens (tertiary/aromatic N) is 1. The molecule has 0 aliphatic carbocycles. The molecule has 1 aliphatic rings. The lowest BCUT2D eigenvalue weighted by atomic mass is 9.84. The van der Waals surface area contributed by atoms with E-state index >= 15 is 0 Å². The maximum Gasteiger partial charge on any atom is 0.573 e. The molecule has 0 saturated carbocycles. The Bertz CT molecular complexity index is 825. The summed E-state index contributed by atoms with van der Waals surface area (Å²) in [5.74, 6) is -0.0377. The highest BCUT2D eigenvalue weighted by molar-refractivity contribution is 6.48. The van der Waals surface area contributed by atoms with Crippen LogP contribution in [0.1, 0.15) is 66.1 Å². The van der Waals surface area contributed by atoms with E-state index in [9.17, 15) is 18.0 Å². The van der Waals surface area contributed by atoms with Gasteiger partial charge in [-0.05, 0) is 51.4 Å². The minimum absolute atomic E-state index is 0.237. The molecular formula is C24H37F3NO5Si. The first kappa shape index (κ1) is 28.3. The fraction of sp³-hybridized carbons (Fsp3) is 0.708. The highest BCUT2D eigenvalue weighted by atomic mass is 28.3. The van der Waals surface area contributed by atoms with Gasteiger partial charge in [0.2, 0.25) is 9.04 Å². The van der Waals surface area contributed by atoms with Crippen molar-refractivity contribution >= 4 is 15.1 Å². The lowest BCUT2D eigenvalue weighted by Crippen LogP contribution is -2.44. The van der Waals surface area contributed by atoms with E-state index < -0.39 is 32.5 Å². The average molecular weight is 505 g/mol. The summed E-state index contributed by atoms with van der Waals surface area (Å²) in [5.41, 5.74) is -0.682. The molecule has 6 nitrogen and oxygen atoms in total. The van der Waals surface area contributed by atoms with Gasteiger partial charge in [0, 0.05) is 37.6 Å². The molecule has 193 valence electrons. The van der Waals surface area contributed by atoms with Crippen LogP contribution in [0.5, 0.6) is 11.5 Å². The third kappa shape index (κ3) is 9.01. The molecule has 1 heterocycles. The summed E-state index contributed by atoms with van der Waals surface area (Å²) >= 11 is 0. The van der Waals surface area contributed by atoms with Gasteiger partial charge >= 0.3 is 12.5 Å². The number of rotatable bonds is 6. The van der Waals surface area contributed by atoms with Crippen LogP contribution in [0.25, 0.3) is 0 Å². The van der Waals surface area contributed by atoms with E-state index in [2.05, 4.69) is 4.74 Å². The summed E-state index contributed by atoms with van der Waals surface area (Å²) in [4.78, 5) is 13.9. The van der Waals surface area contributed by atoms with Crippen molar-refractivity contribution < 1.29 is 36.6 Å². The largest absolute Gasteiger partial charge is 0.573 e. The van der Waals surface area contributed by atoms with Crippen LogP contribution < -0.4 is 9.47 Å². The lowest BCUT2D eigenvalue weighted by molar-refractivity contribution is -0.275. The Morgan fingerprint density at radius 2 is 1.65 bits per heavy atom. The molecule has 1 fully saturated rings. The Hall–Kier alpha value is -1.94. The summed E-state index contributed by atoms with van der Waals surface area (Å²) in [6, 6.07) is 4.52. The van der Waals surface area contributed by atoms with Gasteiger partial charge in [-0.2, -0.15) is 0 Å². The molecule has 1 saturated heterocycles. The maximum absolute atomic E-state index is 13.2. The van der Waals surface area contributed by atoms with Crippen molar-refractivity contribution in [3.8, 4) is 11.5 Å². The molecule has 10 heteroatoms. The van der Waals surface area contributed by atoms with Gasteiger partial charge in [-0.1, -0.05) is 20.8 Å². The molecule has 1 aromatic carbocycles. The second-order valence-electron chi connectivity index (χ2n) is 10.8. The minimum atomic E-state index is -4.85. The molecule has 0 N–H and O–H groups in total. The van der Waals surface area contributed by atoms with Crippen LogP contribution in [0.2, 0.25) is 13.1 Å². The topological polar surface area (TPSA) is 57.2 Å². The zero-order valence-corrected chi connectivity index (χ0v) is 22.3. The highest BCUT2D eigenvalue weighted by Gasteiger charge is 2.37.